The van der Waals surface area contributed by atoms with E-state index in [1.54, 1.807) is 0 Å². The second-order valence-corrected chi connectivity index (χ2v) is 6.34. The van der Waals surface area contributed by atoms with Gasteiger partial charge in [0.05, 0.1) is 5.75 Å². The van der Waals surface area contributed by atoms with E-state index < -0.39 is 0 Å². The van der Waals surface area contributed by atoms with Crippen molar-refractivity contribution in [3.05, 3.63) is 0 Å². The zero-order valence-corrected chi connectivity index (χ0v) is 11.4. The zero-order valence-electron chi connectivity index (χ0n) is 10.6. The predicted molar refractivity (Wildman–Crippen MR) is 73.4 cm³/mol. The van der Waals surface area contributed by atoms with Gasteiger partial charge in [-0.05, 0) is 38.8 Å². The summed E-state index contributed by atoms with van der Waals surface area (Å²) >= 11 is 1.87. The van der Waals surface area contributed by atoms with Gasteiger partial charge in [-0.25, -0.2) is 0 Å². The van der Waals surface area contributed by atoms with Gasteiger partial charge in [-0.1, -0.05) is 12.8 Å². The minimum absolute atomic E-state index is 0.371. The standard InChI is InChI=1S/C13H24N2OS/c16-13(15-9-3-1-2-4-10-15)11-17-12-5-7-14-8-6-12/h12,14H,1-11H2. The summed E-state index contributed by atoms with van der Waals surface area (Å²) in [6.07, 6.45) is 7.43. The molecule has 0 saturated carbocycles. The number of thioether (sulfide) groups is 1. The molecule has 17 heavy (non-hydrogen) atoms. The van der Waals surface area contributed by atoms with Crippen LogP contribution in [0.3, 0.4) is 0 Å². The van der Waals surface area contributed by atoms with E-state index in [1.165, 1.54) is 38.5 Å². The van der Waals surface area contributed by atoms with Gasteiger partial charge >= 0.3 is 0 Å². The second-order valence-electron chi connectivity index (χ2n) is 5.06. The van der Waals surface area contributed by atoms with Crippen LogP contribution in [-0.4, -0.2) is 48.0 Å². The molecule has 0 aromatic heterocycles. The van der Waals surface area contributed by atoms with Crippen LogP contribution in [0.2, 0.25) is 0 Å². The average Bonchev–Trinajstić information content (AvgIpc) is 2.66. The minimum atomic E-state index is 0.371. The van der Waals surface area contributed by atoms with Gasteiger partial charge in [-0.2, -0.15) is 0 Å². The summed E-state index contributed by atoms with van der Waals surface area (Å²) < 4.78 is 0. The van der Waals surface area contributed by atoms with Gasteiger partial charge in [-0.3, -0.25) is 4.79 Å². The molecule has 1 amide bonds. The van der Waals surface area contributed by atoms with Crippen LogP contribution >= 0.6 is 11.8 Å². The smallest absolute Gasteiger partial charge is 0.232 e. The van der Waals surface area contributed by atoms with Crippen molar-refractivity contribution in [1.29, 1.82) is 0 Å². The van der Waals surface area contributed by atoms with E-state index in [-0.39, 0.29) is 0 Å². The van der Waals surface area contributed by atoms with Gasteiger partial charge in [0.2, 0.25) is 5.91 Å². The molecular weight excluding hydrogens is 232 g/mol. The molecule has 2 saturated heterocycles. The number of nitrogens with zero attached hydrogens (tertiary/aromatic N) is 1. The summed E-state index contributed by atoms with van der Waals surface area (Å²) in [5, 5.41) is 4.07. The fourth-order valence-electron chi connectivity index (χ4n) is 2.56. The molecule has 0 unspecified atom stereocenters. The normalized spacial score (nSPS) is 23.4. The number of rotatable bonds is 3. The number of carbonyl (C=O) groups excluding carboxylic acids is 1. The van der Waals surface area contributed by atoms with Crippen LogP contribution < -0.4 is 5.32 Å². The zero-order chi connectivity index (χ0) is 11.9. The number of piperidine rings is 1. The van der Waals surface area contributed by atoms with Gasteiger partial charge in [0.1, 0.15) is 0 Å². The molecule has 0 spiro atoms. The van der Waals surface area contributed by atoms with Crippen molar-refractivity contribution in [3.8, 4) is 0 Å². The van der Waals surface area contributed by atoms with Crippen molar-refractivity contribution in [3.63, 3.8) is 0 Å². The molecular formula is C13H24N2OS. The fraction of sp³-hybridized carbons (Fsp3) is 0.923. The first kappa shape index (κ1) is 13.2. The summed E-state index contributed by atoms with van der Waals surface area (Å²) in [5.74, 6) is 1.07. The van der Waals surface area contributed by atoms with Crippen LogP contribution in [0.15, 0.2) is 0 Å². The van der Waals surface area contributed by atoms with Gasteiger partial charge in [0.25, 0.3) is 0 Å². The van der Waals surface area contributed by atoms with Crippen LogP contribution in [0.1, 0.15) is 38.5 Å². The van der Waals surface area contributed by atoms with Crippen molar-refractivity contribution < 1.29 is 4.79 Å². The highest BCUT2D eigenvalue weighted by molar-refractivity contribution is 8.00. The molecule has 4 heteroatoms. The Morgan fingerprint density at radius 3 is 2.41 bits per heavy atom. The molecule has 2 aliphatic heterocycles. The van der Waals surface area contributed by atoms with Crippen LogP contribution in [0.5, 0.6) is 0 Å². The lowest BCUT2D eigenvalue weighted by Gasteiger charge is -2.24. The summed E-state index contributed by atoms with van der Waals surface area (Å²) in [5.41, 5.74) is 0. The number of likely N-dealkylation sites (tertiary alicyclic amines) is 1. The molecule has 2 heterocycles. The molecule has 3 nitrogen and oxygen atoms in total. The Kier molecular flexibility index (Phi) is 5.65. The number of carbonyl (C=O) groups is 1. The van der Waals surface area contributed by atoms with Gasteiger partial charge in [0, 0.05) is 18.3 Å². The first-order valence-electron chi connectivity index (χ1n) is 6.96. The highest BCUT2D eigenvalue weighted by atomic mass is 32.2. The first-order valence-corrected chi connectivity index (χ1v) is 8.01. The third-order valence-corrected chi connectivity index (χ3v) is 5.04. The maximum Gasteiger partial charge on any atom is 0.232 e. The number of nitrogens with one attached hydrogen (secondary N) is 1. The molecule has 98 valence electrons. The third-order valence-electron chi connectivity index (χ3n) is 3.69. The molecule has 0 atom stereocenters. The Morgan fingerprint density at radius 2 is 1.76 bits per heavy atom. The lowest BCUT2D eigenvalue weighted by atomic mass is 10.2. The number of hydrogen-bond acceptors (Lipinski definition) is 3. The van der Waals surface area contributed by atoms with E-state index in [1.807, 2.05) is 11.8 Å². The Labute approximate surface area is 109 Å². The maximum absolute atomic E-state index is 12.1. The molecule has 1 N–H and O–H groups in total. The molecule has 0 aromatic carbocycles. The summed E-state index contributed by atoms with van der Waals surface area (Å²) in [6.45, 7) is 4.22. The van der Waals surface area contributed by atoms with Crippen LogP contribution in [0.25, 0.3) is 0 Å². The quantitative estimate of drug-likeness (QED) is 0.837. The Balaban J connectivity index is 1.68. The summed E-state index contributed by atoms with van der Waals surface area (Å²) in [4.78, 5) is 14.2. The van der Waals surface area contributed by atoms with Crippen molar-refractivity contribution in [2.75, 3.05) is 31.9 Å². The summed E-state index contributed by atoms with van der Waals surface area (Å²) in [7, 11) is 0. The number of hydrogen-bond donors (Lipinski definition) is 1. The van der Waals surface area contributed by atoms with Crippen molar-refractivity contribution >= 4 is 17.7 Å². The molecule has 2 aliphatic rings. The molecule has 0 aromatic rings. The molecule has 0 bridgehead atoms. The van der Waals surface area contributed by atoms with E-state index >= 15 is 0 Å². The SMILES string of the molecule is O=C(CSC1CCNCC1)N1CCCCCC1. The third kappa shape index (κ3) is 4.51. The number of amides is 1. The highest BCUT2D eigenvalue weighted by Gasteiger charge is 2.19. The second kappa shape index (κ2) is 7.27. The van der Waals surface area contributed by atoms with E-state index in [2.05, 4.69) is 10.2 Å². The van der Waals surface area contributed by atoms with E-state index in [0.717, 1.165) is 26.2 Å². The van der Waals surface area contributed by atoms with Gasteiger partial charge < -0.3 is 10.2 Å². The molecule has 2 rings (SSSR count). The summed E-state index contributed by atoms with van der Waals surface area (Å²) in [6, 6.07) is 0. The van der Waals surface area contributed by atoms with Crippen LogP contribution in [0.4, 0.5) is 0 Å². The topological polar surface area (TPSA) is 32.3 Å². The van der Waals surface area contributed by atoms with E-state index in [9.17, 15) is 4.79 Å². The van der Waals surface area contributed by atoms with Crippen molar-refractivity contribution in [2.45, 2.75) is 43.8 Å². The Morgan fingerprint density at radius 1 is 1.12 bits per heavy atom. The Hall–Kier alpha value is -0.220. The lowest BCUT2D eigenvalue weighted by Crippen LogP contribution is -2.35. The monoisotopic (exact) mass is 256 g/mol. The van der Waals surface area contributed by atoms with Gasteiger partial charge in [-0.15, -0.1) is 11.8 Å². The van der Waals surface area contributed by atoms with E-state index in [0.29, 0.717) is 16.9 Å². The molecule has 0 radical (unpaired) electrons. The fourth-order valence-corrected chi connectivity index (χ4v) is 3.69. The largest absolute Gasteiger partial charge is 0.342 e. The molecule has 0 aliphatic carbocycles. The van der Waals surface area contributed by atoms with Crippen LogP contribution in [0, 0.1) is 0 Å². The maximum atomic E-state index is 12.1. The van der Waals surface area contributed by atoms with Crippen molar-refractivity contribution in [2.24, 2.45) is 0 Å². The van der Waals surface area contributed by atoms with E-state index in [4.69, 9.17) is 0 Å². The lowest BCUT2D eigenvalue weighted by molar-refractivity contribution is -0.128. The molecule has 2 fully saturated rings. The van der Waals surface area contributed by atoms with Gasteiger partial charge in [0.15, 0.2) is 0 Å². The Bertz CT molecular complexity index is 234. The van der Waals surface area contributed by atoms with Crippen molar-refractivity contribution in [1.82, 2.24) is 10.2 Å². The predicted octanol–water partition coefficient (Wildman–Crippen LogP) is 1.87. The highest BCUT2D eigenvalue weighted by Crippen LogP contribution is 2.21. The average molecular weight is 256 g/mol. The first-order chi connectivity index (χ1) is 8.36. The minimum Gasteiger partial charge on any atom is -0.342 e. The van der Waals surface area contributed by atoms with Crippen LogP contribution in [-0.2, 0) is 4.79 Å².